The summed E-state index contributed by atoms with van der Waals surface area (Å²) in [6.45, 7) is 2.94. The summed E-state index contributed by atoms with van der Waals surface area (Å²) < 4.78 is 5.07. The monoisotopic (exact) mass is 371 g/mol. The molecule has 0 aliphatic carbocycles. The van der Waals surface area contributed by atoms with Gasteiger partial charge >= 0.3 is 11.9 Å². The molecule has 0 radical (unpaired) electrons. The number of rotatable bonds is 6. The maximum absolute atomic E-state index is 12.6. The number of nitrogens with zero attached hydrogens (tertiary/aromatic N) is 3. The van der Waals surface area contributed by atoms with E-state index in [1.807, 2.05) is 6.07 Å². The summed E-state index contributed by atoms with van der Waals surface area (Å²) in [5.41, 5.74) is 0.670. The lowest BCUT2D eigenvalue weighted by Gasteiger charge is -2.30. The standard InChI is InChI=1S/C18H17N3O6/c1-10-14(17(22)23)16(12-5-3-6-13(9-12)21(25)26)15(11(2)20-10)18(24)27-8-4-7-19/h3,5-6,9,14,16H,4,8H2,1-2H3,(H,22,23)/t14?,16-/m1/s1. The number of hydrogen-bond acceptors (Lipinski definition) is 7. The van der Waals surface area contributed by atoms with Crippen LogP contribution in [-0.2, 0) is 14.3 Å². The number of non-ortho nitro benzene ring substituents is 1. The number of esters is 1. The molecule has 1 aliphatic rings. The molecule has 0 aromatic heterocycles. The van der Waals surface area contributed by atoms with Crippen molar-refractivity contribution in [3.8, 4) is 6.07 Å². The summed E-state index contributed by atoms with van der Waals surface area (Å²) in [5, 5.41) is 29.4. The van der Waals surface area contributed by atoms with Gasteiger partial charge in [-0.3, -0.25) is 19.9 Å². The van der Waals surface area contributed by atoms with E-state index in [2.05, 4.69) is 4.99 Å². The molecule has 1 aliphatic heterocycles. The number of carbonyl (C=O) groups is 2. The zero-order valence-electron chi connectivity index (χ0n) is 14.7. The quantitative estimate of drug-likeness (QED) is 0.350. The smallest absolute Gasteiger partial charge is 0.336 e. The maximum Gasteiger partial charge on any atom is 0.336 e. The second kappa shape index (κ2) is 8.23. The predicted molar refractivity (Wildman–Crippen MR) is 94.0 cm³/mol. The minimum Gasteiger partial charge on any atom is -0.481 e. The molecule has 0 spiro atoms. The zero-order chi connectivity index (χ0) is 20.1. The Bertz CT molecular complexity index is 897. The van der Waals surface area contributed by atoms with Crippen LogP contribution in [0.5, 0.6) is 0 Å². The first-order valence-electron chi connectivity index (χ1n) is 8.05. The van der Waals surface area contributed by atoms with E-state index in [0.717, 1.165) is 0 Å². The number of allylic oxidation sites excluding steroid dienone is 1. The van der Waals surface area contributed by atoms with Crippen molar-refractivity contribution >= 4 is 23.3 Å². The van der Waals surface area contributed by atoms with Crippen LogP contribution in [0, 0.1) is 27.4 Å². The first-order chi connectivity index (χ1) is 12.8. The third kappa shape index (κ3) is 4.17. The average Bonchev–Trinajstić information content (AvgIpc) is 2.60. The van der Waals surface area contributed by atoms with Gasteiger partial charge in [0.15, 0.2) is 0 Å². The van der Waals surface area contributed by atoms with Crippen molar-refractivity contribution in [1.29, 1.82) is 5.26 Å². The molecular formula is C18H17N3O6. The molecule has 9 nitrogen and oxygen atoms in total. The van der Waals surface area contributed by atoms with Crippen LogP contribution in [0.1, 0.15) is 31.7 Å². The second-order valence-corrected chi connectivity index (χ2v) is 5.94. The van der Waals surface area contributed by atoms with Gasteiger partial charge in [0.1, 0.15) is 12.5 Å². The van der Waals surface area contributed by atoms with Crippen molar-refractivity contribution in [2.45, 2.75) is 26.2 Å². The minimum absolute atomic E-state index is 0.00972. The fraction of sp³-hybridized carbons (Fsp3) is 0.333. The van der Waals surface area contributed by atoms with Crippen LogP contribution in [0.15, 0.2) is 40.5 Å². The van der Waals surface area contributed by atoms with Crippen LogP contribution < -0.4 is 0 Å². The molecule has 0 amide bonds. The van der Waals surface area contributed by atoms with Crippen molar-refractivity contribution < 1.29 is 24.4 Å². The molecule has 0 fully saturated rings. The number of carboxylic acid groups (broad SMARTS) is 1. The molecule has 1 N–H and O–H groups in total. The van der Waals surface area contributed by atoms with Gasteiger partial charge in [0, 0.05) is 29.5 Å². The van der Waals surface area contributed by atoms with E-state index < -0.39 is 28.7 Å². The van der Waals surface area contributed by atoms with Gasteiger partial charge in [0.05, 0.1) is 23.0 Å². The van der Waals surface area contributed by atoms with E-state index in [1.54, 1.807) is 6.92 Å². The molecule has 0 saturated heterocycles. The summed E-state index contributed by atoms with van der Waals surface area (Å²) in [6.07, 6.45) is -0.00972. The predicted octanol–water partition coefficient (Wildman–Crippen LogP) is 2.58. The highest BCUT2D eigenvalue weighted by atomic mass is 16.6. The number of carbonyl (C=O) groups excluding carboxylic acids is 1. The van der Waals surface area contributed by atoms with E-state index in [4.69, 9.17) is 10.00 Å². The van der Waals surface area contributed by atoms with Crippen LogP contribution in [-0.4, -0.2) is 34.3 Å². The van der Waals surface area contributed by atoms with Crippen LogP contribution in [0.3, 0.4) is 0 Å². The first-order valence-corrected chi connectivity index (χ1v) is 8.05. The minimum atomic E-state index is -1.21. The zero-order valence-corrected chi connectivity index (χ0v) is 14.7. The number of benzene rings is 1. The summed E-state index contributed by atoms with van der Waals surface area (Å²) in [6, 6.07) is 7.33. The molecule has 2 atom stereocenters. The SMILES string of the molecule is CC1=NC(C)=C(C(=O)OCCC#N)[C@H](c2cccc([N+](=O)[O-])c2)C1C(=O)O. The average molecular weight is 371 g/mol. The molecule has 0 saturated carbocycles. The Morgan fingerprint density at radius 1 is 1.41 bits per heavy atom. The van der Waals surface area contributed by atoms with E-state index in [0.29, 0.717) is 5.56 Å². The number of nitro benzene ring substituents is 1. The van der Waals surface area contributed by atoms with E-state index in [-0.39, 0.29) is 35.7 Å². The molecule has 1 unspecified atom stereocenters. The third-order valence-corrected chi connectivity index (χ3v) is 4.20. The summed E-state index contributed by atoms with van der Waals surface area (Å²) >= 11 is 0. The van der Waals surface area contributed by atoms with E-state index in [9.17, 15) is 24.8 Å². The summed E-state index contributed by atoms with van der Waals surface area (Å²) in [7, 11) is 0. The van der Waals surface area contributed by atoms with Gasteiger partial charge in [0.2, 0.25) is 0 Å². The lowest BCUT2D eigenvalue weighted by atomic mass is 9.75. The van der Waals surface area contributed by atoms with Gasteiger partial charge in [0.25, 0.3) is 5.69 Å². The Morgan fingerprint density at radius 3 is 2.70 bits per heavy atom. The Kier molecular flexibility index (Phi) is 6.03. The summed E-state index contributed by atoms with van der Waals surface area (Å²) in [4.78, 5) is 39.1. The number of aliphatic imine (C=N–C) groups is 1. The van der Waals surface area contributed by atoms with Crippen molar-refractivity contribution in [2.24, 2.45) is 10.9 Å². The fourth-order valence-corrected chi connectivity index (χ4v) is 3.08. The van der Waals surface area contributed by atoms with Gasteiger partial charge in [-0.2, -0.15) is 5.26 Å². The van der Waals surface area contributed by atoms with Crippen LogP contribution >= 0.6 is 0 Å². The van der Waals surface area contributed by atoms with Crippen molar-refractivity contribution in [3.63, 3.8) is 0 Å². The number of aliphatic carboxylic acids is 1. The van der Waals surface area contributed by atoms with Gasteiger partial charge in [-0.05, 0) is 19.4 Å². The van der Waals surface area contributed by atoms with Crippen LogP contribution in [0.25, 0.3) is 0 Å². The Balaban J connectivity index is 2.58. The summed E-state index contributed by atoms with van der Waals surface area (Å²) in [5.74, 6) is -4.16. The normalized spacial score (nSPS) is 19.1. The molecule has 9 heteroatoms. The fourth-order valence-electron chi connectivity index (χ4n) is 3.08. The Hall–Kier alpha value is -3.54. The highest BCUT2D eigenvalue weighted by molar-refractivity contribution is 6.06. The van der Waals surface area contributed by atoms with Gasteiger partial charge < -0.3 is 9.84 Å². The van der Waals surface area contributed by atoms with E-state index >= 15 is 0 Å². The van der Waals surface area contributed by atoms with Gasteiger partial charge in [-0.1, -0.05) is 12.1 Å². The number of hydrogen-bond donors (Lipinski definition) is 1. The lowest BCUT2D eigenvalue weighted by molar-refractivity contribution is -0.384. The molecule has 1 aromatic carbocycles. The van der Waals surface area contributed by atoms with Crippen LogP contribution in [0.2, 0.25) is 0 Å². The molecule has 2 rings (SSSR count). The number of ether oxygens (including phenoxy) is 1. The van der Waals surface area contributed by atoms with Gasteiger partial charge in [-0.25, -0.2) is 4.79 Å². The molecule has 1 heterocycles. The third-order valence-electron chi connectivity index (χ3n) is 4.20. The van der Waals surface area contributed by atoms with Crippen molar-refractivity contribution in [3.05, 3.63) is 51.2 Å². The van der Waals surface area contributed by atoms with Crippen molar-refractivity contribution in [2.75, 3.05) is 6.61 Å². The Morgan fingerprint density at radius 2 is 2.11 bits per heavy atom. The lowest BCUT2D eigenvalue weighted by Crippen LogP contribution is -2.35. The Labute approximate surface area is 154 Å². The highest BCUT2D eigenvalue weighted by Gasteiger charge is 2.42. The molecule has 0 bridgehead atoms. The highest BCUT2D eigenvalue weighted by Crippen LogP contribution is 2.40. The topological polar surface area (TPSA) is 143 Å². The largest absolute Gasteiger partial charge is 0.481 e. The van der Waals surface area contributed by atoms with E-state index in [1.165, 1.54) is 31.2 Å². The molecule has 1 aromatic rings. The van der Waals surface area contributed by atoms with Crippen LogP contribution in [0.4, 0.5) is 5.69 Å². The second-order valence-electron chi connectivity index (χ2n) is 5.94. The van der Waals surface area contributed by atoms with Gasteiger partial charge in [-0.15, -0.1) is 0 Å². The van der Waals surface area contributed by atoms with Crippen molar-refractivity contribution in [1.82, 2.24) is 0 Å². The number of nitro groups is 1. The first kappa shape index (κ1) is 19.8. The maximum atomic E-state index is 12.6. The number of nitriles is 1. The molecule has 27 heavy (non-hydrogen) atoms. The number of carboxylic acids is 1. The molecular weight excluding hydrogens is 354 g/mol. The molecule has 140 valence electrons.